The average molecular weight is 252 g/mol. The molecule has 4 heteroatoms. The summed E-state index contributed by atoms with van der Waals surface area (Å²) in [5.74, 6) is 0.562. The van der Waals surface area contributed by atoms with Gasteiger partial charge >= 0.3 is 0 Å². The zero-order chi connectivity index (χ0) is 13.0. The van der Waals surface area contributed by atoms with Crippen LogP contribution in [0, 0.1) is 5.82 Å². The van der Waals surface area contributed by atoms with Gasteiger partial charge in [0.2, 0.25) is 0 Å². The number of likely N-dealkylation sites (N-methyl/N-ethyl adjacent to an activating group) is 1. The van der Waals surface area contributed by atoms with Crippen molar-refractivity contribution in [2.75, 3.05) is 26.7 Å². The van der Waals surface area contributed by atoms with E-state index in [-0.39, 0.29) is 5.82 Å². The highest BCUT2D eigenvalue weighted by Gasteiger charge is 2.22. The molecule has 1 aromatic carbocycles. The molecule has 1 aromatic rings. The van der Waals surface area contributed by atoms with Crippen LogP contribution in [0.1, 0.15) is 18.9 Å². The maximum atomic E-state index is 13.3. The van der Waals surface area contributed by atoms with E-state index in [4.69, 9.17) is 4.74 Å². The van der Waals surface area contributed by atoms with Crippen LogP contribution in [-0.4, -0.2) is 37.7 Å². The van der Waals surface area contributed by atoms with Gasteiger partial charge in [0.05, 0.1) is 7.11 Å². The third-order valence-corrected chi connectivity index (χ3v) is 3.57. The minimum absolute atomic E-state index is 0.202. The van der Waals surface area contributed by atoms with Crippen molar-refractivity contribution >= 4 is 0 Å². The van der Waals surface area contributed by atoms with Crippen LogP contribution in [0.2, 0.25) is 0 Å². The van der Waals surface area contributed by atoms with E-state index >= 15 is 0 Å². The first kappa shape index (κ1) is 13.3. The van der Waals surface area contributed by atoms with Gasteiger partial charge in [-0.1, -0.05) is 6.92 Å². The van der Waals surface area contributed by atoms with Gasteiger partial charge in [-0.25, -0.2) is 4.39 Å². The van der Waals surface area contributed by atoms with Crippen LogP contribution in [0.15, 0.2) is 18.2 Å². The summed E-state index contributed by atoms with van der Waals surface area (Å²) in [5.41, 5.74) is 0.922. The smallest absolute Gasteiger partial charge is 0.123 e. The van der Waals surface area contributed by atoms with Crippen LogP contribution < -0.4 is 10.1 Å². The van der Waals surface area contributed by atoms with Gasteiger partial charge in [-0.05, 0) is 37.7 Å². The molecule has 18 heavy (non-hydrogen) atoms. The van der Waals surface area contributed by atoms with Crippen molar-refractivity contribution in [3.05, 3.63) is 29.6 Å². The first-order valence-corrected chi connectivity index (χ1v) is 6.51. The molecule has 0 spiro atoms. The predicted octanol–water partition coefficient (Wildman–Crippen LogP) is 2.02. The lowest BCUT2D eigenvalue weighted by Crippen LogP contribution is -2.36. The first-order valence-electron chi connectivity index (χ1n) is 6.51. The van der Waals surface area contributed by atoms with Gasteiger partial charge in [-0.2, -0.15) is 0 Å². The second kappa shape index (κ2) is 6.16. The highest BCUT2D eigenvalue weighted by atomic mass is 19.1. The van der Waals surface area contributed by atoms with Gasteiger partial charge in [-0.15, -0.1) is 0 Å². The largest absolute Gasteiger partial charge is 0.496 e. The van der Waals surface area contributed by atoms with Gasteiger partial charge in [0.25, 0.3) is 0 Å². The maximum absolute atomic E-state index is 13.3. The fourth-order valence-corrected chi connectivity index (χ4v) is 2.54. The van der Waals surface area contributed by atoms with Crippen molar-refractivity contribution in [2.24, 2.45) is 0 Å². The molecule has 0 bridgehead atoms. The van der Waals surface area contributed by atoms with Crippen LogP contribution in [0.5, 0.6) is 5.75 Å². The van der Waals surface area contributed by atoms with E-state index in [0.717, 1.165) is 43.9 Å². The van der Waals surface area contributed by atoms with Crippen LogP contribution in [0.25, 0.3) is 0 Å². The number of hydrogen-bond acceptors (Lipinski definition) is 3. The number of methoxy groups -OCH3 is 1. The number of halogens is 1. The monoisotopic (exact) mass is 252 g/mol. The molecule has 1 N–H and O–H groups in total. The van der Waals surface area contributed by atoms with Gasteiger partial charge in [0.1, 0.15) is 11.6 Å². The molecule has 1 aliphatic rings. The number of hydrogen-bond donors (Lipinski definition) is 1. The fraction of sp³-hybridized carbons (Fsp3) is 0.571. The van der Waals surface area contributed by atoms with Crippen molar-refractivity contribution in [1.29, 1.82) is 0 Å². The Hall–Kier alpha value is -1.13. The van der Waals surface area contributed by atoms with Crippen molar-refractivity contribution in [3.63, 3.8) is 0 Å². The summed E-state index contributed by atoms with van der Waals surface area (Å²) in [6.45, 7) is 5.94. The van der Waals surface area contributed by atoms with E-state index in [1.807, 2.05) is 0 Å². The Morgan fingerprint density at radius 2 is 2.33 bits per heavy atom. The second-order valence-electron chi connectivity index (χ2n) is 4.67. The molecule has 0 saturated carbocycles. The van der Waals surface area contributed by atoms with Gasteiger partial charge in [-0.3, -0.25) is 4.90 Å². The number of benzene rings is 1. The molecule has 0 aromatic heterocycles. The highest BCUT2D eigenvalue weighted by Crippen LogP contribution is 2.22. The van der Waals surface area contributed by atoms with Crippen LogP contribution in [-0.2, 0) is 6.54 Å². The lowest BCUT2D eigenvalue weighted by molar-refractivity contribution is 0.207. The van der Waals surface area contributed by atoms with E-state index in [0.29, 0.717) is 6.04 Å². The zero-order valence-electron chi connectivity index (χ0n) is 11.1. The van der Waals surface area contributed by atoms with Crippen molar-refractivity contribution < 1.29 is 9.13 Å². The van der Waals surface area contributed by atoms with Gasteiger partial charge < -0.3 is 10.1 Å². The molecule has 1 heterocycles. The van der Waals surface area contributed by atoms with E-state index in [1.54, 1.807) is 19.2 Å². The number of nitrogens with one attached hydrogen (secondary N) is 1. The Kier molecular flexibility index (Phi) is 4.55. The number of nitrogens with zero attached hydrogens (tertiary/aromatic N) is 1. The molecular weight excluding hydrogens is 231 g/mol. The van der Waals surface area contributed by atoms with Crippen LogP contribution >= 0.6 is 0 Å². The summed E-state index contributed by atoms with van der Waals surface area (Å²) < 4.78 is 18.6. The van der Waals surface area contributed by atoms with Crippen molar-refractivity contribution in [3.8, 4) is 5.75 Å². The molecule has 1 fully saturated rings. The van der Waals surface area contributed by atoms with Crippen LogP contribution in [0.3, 0.4) is 0 Å². The molecule has 0 aliphatic carbocycles. The summed E-state index contributed by atoms with van der Waals surface area (Å²) in [5, 5.41) is 3.37. The van der Waals surface area contributed by atoms with E-state index < -0.39 is 0 Å². The Bertz CT molecular complexity index is 391. The molecular formula is C14H21FN2O. The normalized spacial score (nSPS) is 19.4. The van der Waals surface area contributed by atoms with E-state index in [9.17, 15) is 4.39 Å². The lowest BCUT2D eigenvalue weighted by atomic mass is 10.1. The fourth-order valence-electron chi connectivity index (χ4n) is 2.54. The van der Waals surface area contributed by atoms with Crippen molar-refractivity contribution in [1.82, 2.24) is 10.2 Å². The Morgan fingerprint density at radius 1 is 1.50 bits per heavy atom. The predicted molar refractivity (Wildman–Crippen MR) is 70.3 cm³/mol. The molecule has 0 radical (unpaired) electrons. The molecule has 1 saturated heterocycles. The van der Waals surface area contributed by atoms with Gasteiger partial charge in [0.15, 0.2) is 0 Å². The molecule has 2 rings (SSSR count). The number of ether oxygens (including phenoxy) is 1. The third-order valence-electron chi connectivity index (χ3n) is 3.57. The highest BCUT2D eigenvalue weighted by molar-refractivity contribution is 5.33. The molecule has 1 atom stereocenters. The summed E-state index contributed by atoms with van der Waals surface area (Å²) >= 11 is 0. The molecule has 0 amide bonds. The van der Waals surface area contributed by atoms with Gasteiger partial charge in [0, 0.05) is 24.7 Å². The third kappa shape index (κ3) is 3.00. The summed E-state index contributed by atoms with van der Waals surface area (Å²) in [4.78, 5) is 2.37. The Morgan fingerprint density at radius 3 is 2.94 bits per heavy atom. The summed E-state index contributed by atoms with van der Waals surface area (Å²) in [6, 6.07) is 5.26. The molecule has 100 valence electrons. The zero-order valence-corrected chi connectivity index (χ0v) is 11.1. The standard InChI is InChI=1S/C14H21FN2O/c1-3-17(13-6-7-16-9-13)10-11-8-12(15)4-5-14(11)18-2/h4-5,8,13,16H,3,6-7,9-10H2,1-2H3. The second-order valence-corrected chi connectivity index (χ2v) is 4.67. The molecule has 3 nitrogen and oxygen atoms in total. The average Bonchev–Trinajstić information content (AvgIpc) is 2.90. The van der Waals surface area contributed by atoms with Crippen molar-refractivity contribution in [2.45, 2.75) is 25.9 Å². The van der Waals surface area contributed by atoms with E-state index in [2.05, 4.69) is 17.1 Å². The number of rotatable bonds is 5. The Labute approximate surface area is 108 Å². The Balaban J connectivity index is 2.12. The summed E-state index contributed by atoms with van der Waals surface area (Å²) in [7, 11) is 1.63. The first-order chi connectivity index (χ1) is 8.74. The van der Waals surface area contributed by atoms with Crippen LogP contribution in [0.4, 0.5) is 4.39 Å². The topological polar surface area (TPSA) is 24.5 Å². The minimum atomic E-state index is -0.202. The maximum Gasteiger partial charge on any atom is 0.123 e. The lowest BCUT2D eigenvalue weighted by Gasteiger charge is -2.27. The summed E-state index contributed by atoms with van der Waals surface area (Å²) in [6.07, 6.45) is 1.16. The molecule has 1 aliphatic heterocycles. The quantitative estimate of drug-likeness (QED) is 0.867. The SMILES string of the molecule is CCN(Cc1cc(F)ccc1OC)C1CCNC1. The molecule has 1 unspecified atom stereocenters. The van der Waals surface area contributed by atoms with E-state index in [1.165, 1.54) is 6.07 Å². The minimum Gasteiger partial charge on any atom is -0.496 e.